The van der Waals surface area contributed by atoms with Crippen LogP contribution in [-0.2, 0) is 20.8 Å². The number of ether oxygens (including phenoxy) is 3. The first-order valence-corrected chi connectivity index (χ1v) is 8.23. The van der Waals surface area contributed by atoms with Gasteiger partial charge in [0.2, 0.25) is 0 Å². The van der Waals surface area contributed by atoms with Crippen LogP contribution >= 0.6 is 0 Å². The van der Waals surface area contributed by atoms with Gasteiger partial charge in [0.15, 0.2) is 11.9 Å². The van der Waals surface area contributed by atoms with Crippen molar-refractivity contribution in [3.05, 3.63) is 24.0 Å². The van der Waals surface area contributed by atoms with Crippen molar-refractivity contribution in [3.8, 4) is 0 Å². The molecule has 2 aromatic heterocycles. The molecular formula is C17H23N3O4. The van der Waals surface area contributed by atoms with Crippen LogP contribution in [0.2, 0.25) is 0 Å². The molecule has 0 aromatic carbocycles. The third kappa shape index (κ3) is 3.91. The Kier molecular flexibility index (Phi) is 4.82. The normalized spacial score (nSPS) is 18.7. The van der Waals surface area contributed by atoms with Crippen LogP contribution in [-0.4, -0.2) is 39.4 Å². The fourth-order valence-corrected chi connectivity index (χ4v) is 2.57. The zero-order chi connectivity index (χ0) is 17.2. The number of fused-ring (bicyclic) bond motifs is 1. The Morgan fingerprint density at radius 2 is 2.25 bits per heavy atom. The van der Waals surface area contributed by atoms with Crippen LogP contribution in [0, 0.1) is 0 Å². The van der Waals surface area contributed by atoms with Crippen molar-refractivity contribution in [3.63, 3.8) is 0 Å². The minimum absolute atomic E-state index is 0.211. The van der Waals surface area contributed by atoms with Crippen LogP contribution in [0.25, 0.3) is 11.0 Å². The van der Waals surface area contributed by atoms with E-state index in [1.165, 1.54) is 4.68 Å². The van der Waals surface area contributed by atoms with Gasteiger partial charge in [-0.1, -0.05) is 0 Å². The number of nitrogens with zero attached hydrogens (tertiary/aromatic N) is 3. The summed E-state index contributed by atoms with van der Waals surface area (Å²) in [5.41, 5.74) is 0.518. The van der Waals surface area contributed by atoms with Gasteiger partial charge in [-0.2, -0.15) is 5.10 Å². The SMILES string of the molecule is CC(C)(C)OC(=O)n1nc(CO[C@@H]2CCCCO2)c2cccnc21. The summed E-state index contributed by atoms with van der Waals surface area (Å²) >= 11 is 0. The van der Waals surface area contributed by atoms with Gasteiger partial charge >= 0.3 is 6.09 Å². The summed E-state index contributed by atoms with van der Waals surface area (Å²) in [6, 6.07) is 3.68. The molecule has 0 unspecified atom stereocenters. The fraction of sp³-hybridized carbons (Fsp3) is 0.588. The smallest absolute Gasteiger partial charge is 0.437 e. The summed E-state index contributed by atoms with van der Waals surface area (Å²) in [7, 11) is 0. The van der Waals surface area contributed by atoms with Gasteiger partial charge in [-0.05, 0) is 52.2 Å². The van der Waals surface area contributed by atoms with Gasteiger partial charge in [0.1, 0.15) is 5.60 Å². The van der Waals surface area contributed by atoms with E-state index in [2.05, 4.69) is 10.1 Å². The van der Waals surface area contributed by atoms with E-state index in [1.54, 1.807) is 6.20 Å². The van der Waals surface area contributed by atoms with Gasteiger partial charge < -0.3 is 14.2 Å². The molecular weight excluding hydrogens is 310 g/mol. The largest absolute Gasteiger partial charge is 0.442 e. The van der Waals surface area contributed by atoms with Crippen molar-refractivity contribution in [2.45, 2.75) is 58.5 Å². The van der Waals surface area contributed by atoms with E-state index < -0.39 is 11.7 Å². The zero-order valence-corrected chi connectivity index (χ0v) is 14.3. The Morgan fingerprint density at radius 3 is 2.96 bits per heavy atom. The average molecular weight is 333 g/mol. The molecule has 1 aliphatic heterocycles. The maximum Gasteiger partial charge on any atom is 0.437 e. The monoisotopic (exact) mass is 333 g/mol. The lowest BCUT2D eigenvalue weighted by Gasteiger charge is -2.22. The van der Waals surface area contributed by atoms with E-state index >= 15 is 0 Å². The van der Waals surface area contributed by atoms with E-state index in [0.29, 0.717) is 11.3 Å². The third-order valence-electron chi connectivity index (χ3n) is 3.63. The summed E-state index contributed by atoms with van der Waals surface area (Å²) in [6.07, 6.45) is 3.91. The highest BCUT2D eigenvalue weighted by molar-refractivity contribution is 5.86. The molecule has 0 aliphatic carbocycles. The predicted octanol–water partition coefficient (Wildman–Crippen LogP) is 3.26. The molecule has 1 fully saturated rings. The Labute approximate surface area is 140 Å². The molecule has 130 valence electrons. The Morgan fingerprint density at radius 1 is 1.42 bits per heavy atom. The first-order chi connectivity index (χ1) is 11.4. The van der Waals surface area contributed by atoms with E-state index in [-0.39, 0.29) is 12.9 Å². The van der Waals surface area contributed by atoms with Crippen molar-refractivity contribution in [1.82, 2.24) is 14.8 Å². The van der Waals surface area contributed by atoms with Gasteiger partial charge in [0.25, 0.3) is 0 Å². The second kappa shape index (κ2) is 6.86. The average Bonchev–Trinajstić information content (AvgIpc) is 2.91. The minimum atomic E-state index is -0.600. The van der Waals surface area contributed by atoms with E-state index in [0.717, 1.165) is 31.3 Å². The summed E-state index contributed by atoms with van der Waals surface area (Å²) in [5, 5.41) is 5.13. The molecule has 0 amide bonds. The van der Waals surface area contributed by atoms with E-state index in [4.69, 9.17) is 14.2 Å². The predicted molar refractivity (Wildman–Crippen MR) is 87.5 cm³/mol. The van der Waals surface area contributed by atoms with Crippen LogP contribution in [0.5, 0.6) is 0 Å². The number of carbonyl (C=O) groups is 1. The number of aromatic nitrogens is 3. The second-order valence-corrected chi connectivity index (χ2v) is 6.82. The molecule has 1 saturated heterocycles. The molecule has 1 aliphatic rings. The minimum Gasteiger partial charge on any atom is -0.442 e. The molecule has 7 heteroatoms. The number of pyridine rings is 1. The second-order valence-electron chi connectivity index (χ2n) is 6.82. The lowest BCUT2D eigenvalue weighted by atomic mass is 10.2. The summed E-state index contributed by atoms with van der Waals surface area (Å²) in [4.78, 5) is 16.6. The Bertz CT molecular complexity index is 714. The summed E-state index contributed by atoms with van der Waals surface area (Å²) in [5.74, 6) is 0. The van der Waals surface area contributed by atoms with Crippen LogP contribution in [0.3, 0.4) is 0 Å². The molecule has 0 N–H and O–H groups in total. The molecule has 24 heavy (non-hydrogen) atoms. The quantitative estimate of drug-likeness (QED) is 0.858. The van der Waals surface area contributed by atoms with Crippen molar-refractivity contribution in [1.29, 1.82) is 0 Å². The maximum atomic E-state index is 12.4. The molecule has 0 saturated carbocycles. The van der Waals surface area contributed by atoms with Crippen LogP contribution < -0.4 is 0 Å². The van der Waals surface area contributed by atoms with E-state index in [9.17, 15) is 4.79 Å². The molecule has 3 rings (SSSR count). The summed E-state index contributed by atoms with van der Waals surface area (Å²) in [6.45, 7) is 6.43. The molecule has 1 atom stereocenters. The van der Waals surface area contributed by atoms with Gasteiger partial charge in [0, 0.05) is 18.2 Å². The van der Waals surface area contributed by atoms with Crippen molar-refractivity contribution in [2.24, 2.45) is 0 Å². The molecule has 0 radical (unpaired) electrons. The Hall–Kier alpha value is -1.99. The molecule has 7 nitrogen and oxygen atoms in total. The van der Waals surface area contributed by atoms with Gasteiger partial charge in [0.05, 0.1) is 12.3 Å². The van der Waals surface area contributed by atoms with Gasteiger partial charge in [-0.15, -0.1) is 4.68 Å². The van der Waals surface area contributed by atoms with Gasteiger partial charge in [-0.3, -0.25) is 0 Å². The lowest BCUT2D eigenvalue weighted by Crippen LogP contribution is -2.28. The molecule has 2 aromatic rings. The fourth-order valence-electron chi connectivity index (χ4n) is 2.57. The van der Waals surface area contributed by atoms with E-state index in [1.807, 2.05) is 32.9 Å². The topological polar surface area (TPSA) is 75.5 Å². The van der Waals surface area contributed by atoms with Crippen LogP contribution in [0.1, 0.15) is 45.7 Å². The number of hydrogen-bond donors (Lipinski definition) is 0. The third-order valence-corrected chi connectivity index (χ3v) is 3.63. The first-order valence-electron chi connectivity index (χ1n) is 8.23. The molecule has 3 heterocycles. The highest BCUT2D eigenvalue weighted by atomic mass is 16.7. The molecule has 0 spiro atoms. The van der Waals surface area contributed by atoms with Crippen molar-refractivity contribution >= 4 is 17.1 Å². The Balaban J connectivity index is 1.82. The highest BCUT2D eigenvalue weighted by Gasteiger charge is 2.23. The number of hydrogen-bond acceptors (Lipinski definition) is 6. The van der Waals surface area contributed by atoms with Crippen LogP contribution in [0.4, 0.5) is 4.79 Å². The maximum absolute atomic E-state index is 12.4. The van der Waals surface area contributed by atoms with Crippen molar-refractivity contribution in [2.75, 3.05) is 6.61 Å². The van der Waals surface area contributed by atoms with Crippen molar-refractivity contribution < 1.29 is 19.0 Å². The highest BCUT2D eigenvalue weighted by Crippen LogP contribution is 2.21. The standard InChI is InChI=1S/C17H23N3O4/c1-17(2,3)24-16(21)20-15-12(7-6-9-18-15)13(19-20)11-23-14-8-4-5-10-22-14/h6-7,9,14H,4-5,8,10-11H2,1-3H3/t14-/m1/s1. The number of carbonyl (C=O) groups excluding carboxylic acids is 1. The van der Waals surface area contributed by atoms with Crippen LogP contribution in [0.15, 0.2) is 18.3 Å². The molecule has 0 bridgehead atoms. The first kappa shape index (κ1) is 16.9. The summed E-state index contributed by atoms with van der Waals surface area (Å²) < 4.78 is 18.0. The number of rotatable bonds is 3. The lowest BCUT2D eigenvalue weighted by molar-refractivity contribution is -0.169. The zero-order valence-electron chi connectivity index (χ0n) is 14.3. The van der Waals surface area contributed by atoms with Gasteiger partial charge in [-0.25, -0.2) is 9.78 Å².